The van der Waals surface area contributed by atoms with E-state index in [1.165, 1.54) is 0 Å². The highest BCUT2D eigenvalue weighted by Crippen LogP contribution is 2.28. The van der Waals surface area contributed by atoms with Crippen molar-refractivity contribution in [2.45, 2.75) is 18.8 Å². The third-order valence-corrected chi connectivity index (χ3v) is 5.16. The van der Waals surface area contributed by atoms with Crippen LogP contribution in [0, 0.1) is 0 Å². The summed E-state index contributed by atoms with van der Waals surface area (Å²) in [6.07, 6.45) is 2.24. The molecule has 0 aliphatic carbocycles. The maximum absolute atomic E-state index is 6.00. The number of rotatable bonds is 5. The number of aromatic nitrogens is 2. The molecule has 0 bridgehead atoms. The predicted molar refractivity (Wildman–Crippen MR) is 114 cm³/mol. The predicted octanol–water partition coefficient (Wildman–Crippen LogP) is 5.02. The summed E-state index contributed by atoms with van der Waals surface area (Å²) < 4.78 is 5.27. The monoisotopic (exact) mass is 394 g/mol. The minimum atomic E-state index is 0.317. The lowest BCUT2D eigenvalue weighted by atomic mass is 9.98. The molecule has 0 amide bonds. The Labute approximate surface area is 170 Å². The Morgan fingerprint density at radius 1 is 1.07 bits per heavy atom. The van der Waals surface area contributed by atoms with Gasteiger partial charge in [-0.3, -0.25) is 0 Å². The number of piperidine rings is 1. The van der Waals surface area contributed by atoms with E-state index in [1.54, 1.807) is 7.11 Å². The second kappa shape index (κ2) is 8.59. The summed E-state index contributed by atoms with van der Waals surface area (Å²) in [6, 6.07) is 17.5. The zero-order chi connectivity index (χ0) is 19.3. The van der Waals surface area contributed by atoms with E-state index in [4.69, 9.17) is 26.3 Å². The molecule has 2 aromatic carbocycles. The molecule has 4 rings (SSSR count). The number of methoxy groups -OCH3 is 1. The second-order valence-corrected chi connectivity index (χ2v) is 7.34. The first-order valence-corrected chi connectivity index (χ1v) is 9.86. The third kappa shape index (κ3) is 4.43. The minimum absolute atomic E-state index is 0.317. The number of ether oxygens (including phenoxy) is 1. The molecular formula is C22H23ClN4O. The number of benzene rings is 2. The Morgan fingerprint density at radius 2 is 1.86 bits per heavy atom. The summed E-state index contributed by atoms with van der Waals surface area (Å²) >= 11 is 6.00. The molecule has 1 unspecified atom stereocenters. The maximum Gasteiger partial charge on any atom is 0.135 e. The van der Waals surface area contributed by atoms with E-state index in [0.717, 1.165) is 60.3 Å². The Hall–Kier alpha value is -2.63. The molecule has 144 valence electrons. The van der Waals surface area contributed by atoms with E-state index >= 15 is 0 Å². The molecule has 1 fully saturated rings. The first-order chi connectivity index (χ1) is 13.7. The van der Waals surface area contributed by atoms with Gasteiger partial charge in [-0.25, -0.2) is 9.97 Å². The van der Waals surface area contributed by atoms with E-state index < -0.39 is 0 Å². The summed E-state index contributed by atoms with van der Waals surface area (Å²) in [5, 5.41) is 7.55. The number of nitrogens with one attached hydrogen (secondary N) is 2. The summed E-state index contributed by atoms with van der Waals surface area (Å²) in [4.78, 5) is 9.70. The number of nitrogens with zero attached hydrogens (tertiary/aromatic N) is 2. The van der Waals surface area contributed by atoms with Crippen LogP contribution in [0.3, 0.4) is 0 Å². The van der Waals surface area contributed by atoms with E-state index in [-0.39, 0.29) is 0 Å². The van der Waals surface area contributed by atoms with Crippen LogP contribution in [0.25, 0.3) is 11.3 Å². The van der Waals surface area contributed by atoms with Crippen LogP contribution in [0.15, 0.2) is 54.6 Å². The van der Waals surface area contributed by atoms with E-state index in [2.05, 4.69) is 10.6 Å². The average molecular weight is 395 g/mol. The highest BCUT2D eigenvalue weighted by Gasteiger charge is 2.20. The standard InChI is InChI=1S/C22H23ClN4O/c1-28-19-10-4-15(5-11-19)20-13-21(25-18-8-6-17(23)7-9-18)27-22(26-20)16-3-2-12-24-14-16/h4-11,13,16,24H,2-3,12,14H2,1H3,(H,25,26,27). The number of hydrogen-bond acceptors (Lipinski definition) is 5. The van der Waals surface area contributed by atoms with Crippen molar-refractivity contribution in [2.24, 2.45) is 0 Å². The van der Waals surface area contributed by atoms with Crippen LogP contribution in [-0.2, 0) is 0 Å². The highest BCUT2D eigenvalue weighted by atomic mass is 35.5. The molecule has 0 saturated carbocycles. The molecule has 5 nitrogen and oxygen atoms in total. The van der Waals surface area contributed by atoms with E-state index in [0.29, 0.717) is 10.9 Å². The van der Waals surface area contributed by atoms with Gasteiger partial charge in [-0.05, 0) is 67.9 Å². The lowest BCUT2D eigenvalue weighted by molar-refractivity contribution is 0.415. The van der Waals surface area contributed by atoms with Crippen LogP contribution in [0.1, 0.15) is 24.6 Å². The molecule has 3 aromatic rings. The topological polar surface area (TPSA) is 59.1 Å². The van der Waals surface area contributed by atoms with Gasteiger partial charge in [-0.15, -0.1) is 0 Å². The molecule has 6 heteroatoms. The fourth-order valence-electron chi connectivity index (χ4n) is 3.38. The zero-order valence-corrected chi connectivity index (χ0v) is 16.5. The zero-order valence-electron chi connectivity index (χ0n) is 15.8. The SMILES string of the molecule is COc1ccc(-c2cc(Nc3ccc(Cl)cc3)nc(C3CCCNC3)n2)cc1. The summed E-state index contributed by atoms with van der Waals surface area (Å²) in [6.45, 7) is 1.97. The Balaban J connectivity index is 1.70. The van der Waals surface area contributed by atoms with Crippen molar-refractivity contribution in [1.82, 2.24) is 15.3 Å². The minimum Gasteiger partial charge on any atom is -0.497 e. The number of halogens is 1. The van der Waals surface area contributed by atoms with Gasteiger partial charge >= 0.3 is 0 Å². The molecule has 1 aliphatic rings. The van der Waals surface area contributed by atoms with Crippen molar-refractivity contribution in [1.29, 1.82) is 0 Å². The van der Waals surface area contributed by atoms with Gasteiger partial charge in [0.05, 0.1) is 12.8 Å². The number of hydrogen-bond donors (Lipinski definition) is 2. The molecular weight excluding hydrogens is 372 g/mol. The van der Waals surface area contributed by atoms with Gasteiger partial charge in [0.15, 0.2) is 0 Å². The molecule has 1 aliphatic heterocycles. The smallest absolute Gasteiger partial charge is 0.135 e. The Morgan fingerprint density at radius 3 is 2.54 bits per heavy atom. The van der Waals surface area contributed by atoms with Gasteiger partial charge in [-0.1, -0.05) is 11.6 Å². The van der Waals surface area contributed by atoms with Crippen molar-refractivity contribution in [2.75, 3.05) is 25.5 Å². The fourth-order valence-corrected chi connectivity index (χ4v) is 3.50. The fraction of sp³-hybridized carbons (Fsp3) is 0.273. The van der Waals surface area contributed by atoms with Gasteiger partial charge in [0.25, 0.3) is 0 Å². The van der Waals surface area contributed by atoms with Crippen LogP contribution < -0.4 is 15.4 Å². The largest absolute Gasteiger partial charge is 0.497 e. The normalized spacial score (nSPS) is 16.6. The third-order valence-electron chi connectivity index (χ3n) is 4.91. The lowest BCUT2D eigenvalue weighted by Crippen LogP contribution is -2.29. The van der Waals surface area contributed by atoms with Crippen LogP contribution in [0.4, 0.5) is 11.5 Å². The van der Waals surface area contributed by atoms with Crippen LogP contribution in [0.5, 0.6) is 5.75 Å². The van der Waals surface area contributed by atoms with Gasteiger partial charge in [0.2, 0.25) is 0 Å². The van der Waals surface area contributed by atoms with E-state index in [1.807, 2.05) is 54.6 Å². The van der Waals surface area contributed by atoms with E-state index in [9.17, 15) is 0 Å². The first kappa shape index (κ1) is 18.7. The molecule has 0 spiro atoms. The lowest BCUT2D eigenvalue weighted by Gasteiger charge is -2.22. The van der Waals surface area contributed by atoms with Gasteiger partial charge < -0.3 is 15.4 Å². The molecule has 28 heavy (non-hydrogen) atoms. The van der Waals surface area contributed by atoms with Crippen molar-refractivity contribution in [3.05, 3.63) is 65.4 Å². The Bertz CT molecular complexity index is 922. The molecule has 1 aromatic heterocycles. The maximum atomic E-state index is 6.00. The van der Waals surface area contributed by atoms with Gasteiger partial charge in [-0.2, -0.15) is 0 Å². The summed E-state index contributed by atoms with van der Waals surface area (Å²) in [5.41, 5.74) is 2.87. The van der Waals surface area contributed by atoms with Crippen molar-refractivity contribution in [3.63, 3.8) is 0 Å². The van der Waals surface area contributed by atoms with Crippen molar-refractivity contribution in [3.8, 4) is 17.0 Å². The first-order valence-electron chi connectivity index (χ1n) is 9.48. The number of anilines is 2. The quantitative estimate of drug-likeness (QED) is 0.636. The van der Waals surface area contributed by atoms with Crippen molar-refractivity contribution < 1.29 is 4.74 Å². The molecule has 1 saturated heterocycles. The van der Waals surface area contributed by atoms with Gasteiger partial charge in [0.1, 0.15) is 17.4 Å². The summed E-state index contributed by atoms with van der Waals surface area (Å²) in [5.74, 6) is 2.80. The van der Waals surface area contributed by atoms with Gasteiger partial charge in [0, 0.05) is 34.8 Å². The molecule has 0 radical (unpaired) electrons. The molecule has 2 heterocycles. The van der Waals surface area contributed by atoms with Crippen LogP contribution in [0.2, 0.25) is 5.02 Å². The molecule has 2 N–H and O–H groups in total. The second-order valence-electron chi connectivity index (χ2n) is 6.90. The molecule has 1 atom stereocenters. The Kier molecular flexibility index (Phi) is 5.74. The average Bonchev–Trinajstić information content (AvgIpc) is 2.76. The van der Waals surface area contributed by atoms with Crippen LogP contribution in [-0.4, -0.2) is 30.2 Å². The summed E-state index contributed by atoms with van der Waals surface area (Å²) in [7, 11) is 1.67. The van der Waals surface area contributed by atoms with Crippen LogP contribution >= 0.6 is 11.6 Å². The van der Waals surface area contributed by atoms with Crippen molar-refractivity contribution >= 4 is 23.1 Å². The highest BCUT2D eigenvalue weighted by molar-refractivity contribution is 6.30.